The van der Waals surface area contributed by atoms with Crippen molar-refractivity contribution in [3.63, 3.8) is 0 Å². The molecular weight excluding hydrogens is 451 g/mol. The predicted octanol–water partition coefficient (Wildman–Crippen LogP) is 3.94. The molecule has 8 nitrogen and oxygen atoms in total. The molecule has 3 aromatic rings. The van der Waals surface area contributed by atoms with Crippen LogP contribution in [-0.2, 0) is 16.0 Å². The van der Waals surface area contributed by atoms with E-state index in [1.165, 1.54) is 11.1 Å². The van der Waals surface area contributed by atoms with E-state index in [1.807, 2.05) is 20.8 Å². The van der Waals surface area contributed by atoms with Crippen LogP contribution >= 0.6 is 23.2 Å². The fourth-order valence-corrected chi connectivity index (χ4v) is 3.98. The molecule has 0 unspecified atom stereocenters. The Morgan fingerprint density at radius 3 is 2.56 bits per heavy atom. The summed E-state index contributed by atoms with van der Waals surface area (Å²) in [6, 6.07) is 7.01. The first-order valence-electron chi connectivity index (χ1n) is 10.0. The van der Waals surface area contributed by atoms with Gasteiger partial charge in [0, 0.05) is 24.4 Å². The van der Waals surface area contributed by atoms with E-state index in [4.69, 9.17) is 23.2 Å². The second-order valence-electron chi connectivity index (χ2n) is 7.22. The van der Waals surface area contributed by atoms with Crippen LogP contribution in [0, 0.1) is 25.2 Å². The molecule has 3 rings (SSSR count). The molecule has 32 heavy (non-hydrogen) atoms. The van der Waals surface area contributed by atoms with E-state index < -0.39 is 0 Å². The van der Waals surface area contributed by atoms with Gasteiger partial charge >= 0.3 is 0 Å². The Morgan fingerprint density at radius 2 is 1.94 bits per heavy atom. The Morgan fingerprint density at radius 1 is 1.25 bits per heavy atom. The minimum absolute atomic E-state index is 0.114. The summed E-state index contributed by atoms with van der Waals surface area (Å²) in [6.45, 7) is 5.80. The molecule has 0 atom stereocenters. The van der Waals surface area contributed by atoms with Crippen LogP contribution in [-0.4, -0.2) is 44.4 Å². The molecule has 1 aromatic carbocycles. The Kier molecular flexibility index (Phi) is 7.33. The minimum atomic E-state index is -0.383. The van der Waals surface area contributed by atoms with Crippen molar-refractivity contribution in [2.75, 3.05) is 18.4 Å². The summed E-state index contributed by atoms with van der Waals surface area (Å²) in [6.07, 6.45) is 2.12. The van der Waals surface area contributed by atoms with E-state index in [9.17, 15) is 14.9 Å². The van der Waals surface area contributed by atoms with Crippen molar-refractivity contribution in [1.82, 2.24) is 19.5 Å². The van der Waals surface area contributed by atoms with Crippen LogP contribution in [0.4, 0.5) is 5.69 Å². The molecule has 0 bridgehead atoms. The maximum Gasteiger partial charge on any atom is 0.244 e. The SMILES string of the molecule is CCN(CC(=O)Nc1c(Cl)cccc1Cl)C(=O)CCc1c(C)nc2c(C#N)cnn2c1C. The summed E-state index contributed by atoms with van der Waals surface area (Å²) in [5.41, 5.74) is 3.70. The van der Waals surface area contributed by atoms with Gasteiger partial charge in [0.05, 0.1) is 28.5 Å². The number of fused-ring (bicyclic) bond motifs is 1. The third-order valence-electron chi connectivity index (χ3n) is 5.21. The highest BCUT2D eigenvalue weighted by Crippen LogP contribution is 2.29. The Balaban J connectivity index is 1.68. The molecule has 0 aliphatic heterocycles. The van der Waals surface area contributed by atoms with E-state index in [0.717, 1.165) is 17.0 Å². The molecule has 0 saturated heterocycles. The van der Waals surface area contributed by atoms with E-state index in [2.05, 4.69) is 21.5 Å². The number of para-hydroxylation sites is 1. The number of amides is 2. The van der Waals surface area contributed by atoms with Crippen molar-refractivity contribution < 1.29 is 9.59 Å². The number of aromatic nitrogens is 3. The molecule has 10 heteroatoms. The lowest BCUT2D eigenvalue weighted by molar-refractivity contribution is -0.134. The van der Waals surface area contributed by atoms with Crippen molar-refractivity contribution in [2.24, 2.45) is 0 Å². The Bertz CT molecular complexity index is 1210. The molecule has 166 valence electrons. The number of carbonyl (C=O) groups is 2. The summed E-state index contributed by atoms with van der Waals surface area (Å²) in [4.78, 5) is 31.3. The quantitative estimate of drug-likeness (QED) is 0.560. The third kappa shape index (κ3) is 4.85. The number of hydrogen-bond donors (Lipinski definition) is 1. The van der Waals surface area contributed by atoms with Crippen LogP contribution in [0.5, 0.6) is 0 Å². The van der Waals surface area contributed by atoms with Gasteiger partial charge in [0.25, 0.3) is 0 Å². The fourth-order valence-electron chi connectivity index (χ4n) is 3.49. The lowest BCUT2D eigenvalue weighted by Crippen LogP contribution is -2.38. The summed E-state index contributed by atoms with van der Waals surface area (Å²) < 4.78 is 1.61. The number of benzene rings is 1. The molecule has 0 radical (unpaired) electrons. The zero-order valence-electron chi connectivity index (χ0n) is 17.9. The van der Waals surface area contributed by atoms with Crippen molar-refractivity contribution in [3.05, 3.63) is 57.0 Å². The van der Waals surface area contributed by atoms with Crippen molar-refractivity contribution in [1.29, 1.82) is 5.26 Å². The van der Waals surface area contributed by atoms with Crippen molar-refractivity contribution in [2.45, 2.75) is 33.6 Å². The highest BCUT2D eigenvalue weighted by atomic mass is 35.5. The summed E-state index contributed by atoms with van der Waals surface area (Å²) >= 11 is 12.2. The maximum atomic E-state index is 12.8. The maximum absolute atomic E-state index is 12.8. The van der Waals surface area contributed by atoms with Gasteiger partial charge in [0.15, 0.2) is 5.65 Å². The zero-order chi connectivity index (χ0) is 23.4. The van der Waals surface area contributed by atoms with Crippen LogP contribution in [0.25, 0.3) is 5.65 Å². The topological polar surface area (TPSA) is 103 Å². The largest absolute Gasteiger partial charge is 0.334 e. The van der Waals surface area contributed by atoms with Crippen LogP contribution in [0.2, 0.25) is 10.0 Å². The molecule has 2 aromatic heterocycles. The molecule has 0 aliphatic rings. The molecule has 1 N–H and O–H groups in total. The molecule has 2 heterocycles. The molecule has 2 amide bonds. The number of rotatable bonds is 7. The number of nitrogens with zero attached hydrogens (tertiary/aromatic N) is 5. The number of hydrogen-bond acceptors (Lipinski definition) is 5. The van der Waals surface area contributed by atoms with Crippen LogP contribution < -0.4 is 5.32 Å². The van der Waals surface area contributed by atoms with Gasteiger partial charge in [0.1, 0.15) is 11.6 Å². The van der Waals surface area contributed by atoms with Gasteiger partial charge in [0.2, 0.25) is 11.8 Å². The van der Waals surface area contributed by atoms with Gasteiger partial charge < -0.3 is 10.2 Å². The number of halogens is 2. The average molecular weight is 473 g/mol. The second kappa shape index (κ2) is 9.98. The monoisotopic (exact) mass is 472 g/mol. The average Bonchev–Trinajstić information content (AvgIpc) is 3.17. The third-order valence-corrected chi connectivity index (χ3v) is 5.84. The highest BCUT2D eigenvalue weighted by Gasteiger charge is 2.19. The van der Waals surface area contributed by atoms with Gasteiger partial charge in [-0.2, -0.15) is 10.4 Å². The van der Waals surface area contributed by atoms with Gasteiger partial charge in [-0.1, -0.05) is 29.3 Å². The smallest absolute Gasteiger partial charge is 0.244 e. The zero-order valence-corrected chi connectivity index (χ0v) is 19.5. The fraction of sp³-hybridized carbons (Fsp3) is 0.318. The number of likely N-dealkylation sites (N-methyl/N-ethyl adjacent to an activating group) is 1. The predicted molar refractivity (Wildman–Crippen MR) is 123 cm³/mol. The first kappa shape index (κ1) is 23.5. The lowest BCUT2D eigenvalue weighted by Gasteiger charge is -2.21. The van der Waals surface area contributed by atoms with E-state index >= 15 is 0 Å². The summed E-state index contributed by atoms with van der Waals surface area (Å²) in [5.74, 6) is -0.545. The molecule has 0 fully saturated rings. The van der Waals surface area contributed by atoms with Gasteiger partial charge in [-0.15, -0.1) is 0 Å². The van der Waals surface area contributed by atoms with E-state index in [-0.39, 0.29) is 24.8 Å². The van der Waals surface area contributed by atoms with E-state index in [0.29, 0.717) is 39.9 Å². The molecule has 0 saturated carbocycles. The van der Waals surface area contributed by atoms with Crippen LogP contribution in [0.15, 0.2) is 24.4 Å². The number of carbonyl (C=O) groups excluding carboxylic acids is 2. The standard InChI is InChI=1S/C22H22Cl2N6O2/c1-4-29(12-19(31)28-21-17(23)6-5-7-18(21)24)20(32)9-8-16-13(2)27-22-15(10-25)11-26-30(22)14(16)3/h5-7,11H,4,8-9,12H2,1-3H3,(H,28,31). The lowest BCUT2D eigenvalue weighted by atomic mass is 10.1. The first-order valence-corrected chi connectivity index (χ1v) is 10.8. The summed E-state index contributed by atoms with van der Waals surface area (Å²) in [5, 5.41) is 16.7. The number of anilines is 1. The minimum Gasteiger partial charge on any atom is -0.334 e. The highest BCUT2D eigenvalue weighted by molar-refractivity contribution is 6.39. The molecular formula is C22H22Cl2N6O2. The normalized spacial score (nSPS) is 10.8. The number of aryl methyl sites for hydroxylation is 2. The summed E-state index contributed by atoms with van der Waals surface area (Å²) in [7, 11) is 0. The van der Waals surface area contributed by atoms with Gasteiger partial charge in [-0.25, -0.2) is 9.50 Å². The second-order valence-corrected chi connectivity index (χ2v) is 8.03. The van der Waals surface area contributed by atoms with E-state index in [1.54, 1.807) is 22.7 Å². The number of nitriles is 1. The van der Waals surface area contributed by atoms with Crippen molar-refractivity contribution in [3.8, 4) is 6.07 Å². The molecule has 0 aliphatic carbocycles. The Hall–Kier alpha value is -3.15. The first-order chi connectivity index (χ1) is 15.3. The molecule has 0 spiro atoms. The van der Waals surface area contributed by atoms with Gasteiger partial charge in [-0.3, -0.25) is 9.59 Å². The van der Waals surface area contributed by atoms with Gasteiger partial charge in [-0.05, 0) is 44.9 Å². The Labute approximate surface area is 195 Å². The van der Waals surface area contributed by atoms with Crippen LogP contribution in [0.3, 0.4) is 0 Å². The number of nitrogens with one attached hydrogen (secondary N) is 1. The van der Waals surface area contributed by atoms with Crippen molar-refractivity contribution >= 4 is 46.4 Å². The van der Waals surface area contributed by atoms with Crippen LogP contribution in [0.1, 0.15) is 35.9 Å².